The van der Waals surface area contributed by atoms with Crippen molar-refractivity contribution in [3.8, 4) is 17.1 Å². The Bertz CT molecular complexity index is 1100. The summed E-state index contributed by atoms with van der Waals surface area (Å²) in [7, 11) is 0. The lowest BCUT2D eigenvalue weighted by Crippen LogP contribution is -2.10. The molecule has 0 aliphatic rings. The van der Waals surface area contributed by atoms with E-state index in [-0.39, 0.29) is 5.75 Å². The van der Waals surface area contributed by atoms with Crippen molar-refractivity contribution in [3.05, 3.63) is 66.2 Å². The number of benzene rings is 3. The van der Waals surface area contributed by atoms with Gasteiger partial charge in [-0.25, -0.2) is 0 Å². The predicted octanol–water partition coefficient (Wildman–Crippen LogP) is 3.17. The summed E-state index contributed by atoms with van der Waals surface area (Å²) in [6, 6.07) is 18.7. The zero-order chi connectivity index (χ0) is 17.7. The first-order valence-electron chi connectivity index (χ1n) is 8.18. The van der Waals surface area contributed by atoms with Gasteiger partial charge in [0, 0.05) is 0 Å². The lowest BCUT2D eigenvalue weighted by Gasteiger charge is -2.12. The minimum Gasteiger partial charge on any atom is -0.506 e. The Morgan fingerprint density at radius 1 is 0.615 bits per heavy atom. The molecule has 3 aromatic carbocycles. The molecular weight excluding hydrogens is 328 g/mol. The van der Waals surface area contributed by atoms with Crippen LogP contribution >= 0.6 is 0 Å². The van der Waals surface area contributed by atoms with Gasteiger partial charge in [-0.15, -0.1) is 30.0 Å². The van der Waals surface area contributed by atoms with Crippen LogP contribution in [0.15, 0.2) is 60.7 Å². The Labute approximate surface area is 148 Å². The molecule has 1 N–H and O–H groups in total. The Kier molecular flexibility index (Phi) is 3.02. The fourth-order valence-corrected chi connectivity index (χ4v) is 3.04. The summed E-state index contributed by atoms with van der Waals surface area (Å²) in [4.78, 5) is 2.97. The zero-order valence-electron chi connectivity index (χ0n) is 13.9. The molecule has 26 heavy (non-hydrogen) atoms. The van der Waals surface area contributed by atoms with Gasteiger partial charge in [0.2, 0.25) is 0 Å². The molecule has 2 heterocycles. The molecule has 0 aliphatic carbocycles. The summed E-state index contributed by atoms with van der Waals surface area (Å²) in [5.41, 5.74) is 5.04. The van der Waals surface area contributed by atoms with E-state index in [0.29, 0.717) is 11.4 Å². The maximum atomic E-state index is 10.6. The molecule has 7 nitrogen and oxygen atoms in total. The standard InChI is InChI=1S/C19H14N6O/c1-12-10-11-17(26)19(25-22-15-8-4-5-9-16(15)23-25)18(12)24-20-13-6-2-3-7-14(13)21-24/h2-11,26H,1H3. The second-order valence-corrected chi connectivity index (χ2v) is 6.06. The summed E-state index contributed by atoms with van der Waals surface area (Å²) in [6.45, 7) is 1.94. The third kappa shape index (κ3) is 2.14. The lowest BCUT2D eigenvalue weighted by molar-refractivity contribution is 0.466. The van der Waals surface area contributed by atoms with Crippen molar-refractivity contribution in [3.63, 3.8) is 0 Å². The molecular formula is C19H14N6O. The van der Waals surface area contributed by atoms with Gasteiger partial charge in [0.15, 0.2) is 5.69 Å². The molecule has 0 fully saturated rings. The highest BCUT2D eigenvalue weighted by atomic mass is 16.3. The van der Waals surface area contributed by atoms with Crippen molar-refractivity contribution in [1.29, 1.82) is 0 Å². The molecule has 0 amide bonds. The largest absolute Gasteiger partial charge is 0.506 e. The van der Waals surface area contributed by atoms with Gasteiger partial charge in [-0.05, 0) is 42.8 Å². The van der Waals surface area contributed by atoms with E-state index in [1.54, 1.807) is 6.07 Å². The van der Waals surface area contributed by atoms with Crippen molar-refractivity contribution in [2.45, 2.75) is 6.92 Å². The van der Waals surface area contributed by atoms with Gasteiger partial charge < -0.3 is 5.11 Å². The molecule has 0 saturated heterocycles. The normalized spacial score (nSPS) is 11.4. The Morgan fingerprint density at radius 3 is 1.50 bits per heavy atom. The minimum absolute atomic E-state index is 0.0623. The minimum atomic E-state index is 0.0623. The summed E-state index contributed by atoms with van der Waals surface area (Å²) in [5, 5.41) is 28.7. The molecule has 0 bridgehead atoms. The highest BCUT2D eigenvalue weighted by Gasteiger charge is 2.19. The fourth-order valence-electron chi connectivity index (χ4n) is 3.04. The number of phenolic OH excluding ortho intramolecular Hbond substituents is 1. The number of rotatable bonds is 2. The van der Waals surface area contributed by atoms with E-state index in [2.05, 4.69) is 20.4 Å². The van der Waals surface area contributed by atoms with Crippen LogP contribution in [0.1, 0.15) is 5.56 Å². The molecule has 7 heteroatoms. The third-order valence-electron chi connectivity index (χ3n) is 4.30. The first-order chi connectivity index (χ1) is 12.7. The fraction of sp³-hybridized carbons (Fsp3) is 0.0526. The summed E-state index contributed by atoms with van der Waals surface area (Å²) < 4.78 is 0. The zero-order valence-corrected chi connectivity index (χ0v) is 13.9. The molecule has 0 atom stereocenters. The molecule has 0 unspecified atom stereocenters. The van der Waals surface area contributed by atoms with E-state index in [1.165, 1.54) is 9.59 Å². The second kappa shape index (κ2) is 5.38. The molecule has 0 spiro atoms. The van der Waals surface area contributed by atoms with Crippen LogP contribution in [-0.2, 0) is 0 Å². The van der Waals surface area contributed by atoms with Crippen molar-refractivity contribution < 1.29 is 5.11 Å². The van der Waals surface area contributed by atoms with Gasteiger partial charge in [0.25, 0.3) is 0 Å². The van der Waals surface area contributed by atoms with E-state index < -0.39 is 0 Å². The number of aryl methyl sites for hydroxylation is 1. The summed E-state index contributed by atoms with van der Waals surface area (Å²) >= 11 is 0. The molecule has 0 radical (unpaired) electrons. The van der Waals surface area contributed by atoms with Gasteiger partial charge in [0.05, 0.1) is 0 Å². The van der Waals surface area contributed by atoms with Crippen molar-refractivity contribution in [1.82, 2.24) is 30.0 Å². The maximum absolute atomic E-state index is 10.6. The highest BCUT2D eigenvalue weighted by molar-refractivity contribution is 5.76. The predicted molar refractivity (Wildman–Crippen MR) is 97.7 cm³/mol. The molecule has 5 aromatic rings. The monoisotopic (exact) mass is 342 g/mol. The first kappa shape index (κ1) is 14.6. The van der Waals surface area contributed by atoms with Crippen LogP contribution in [0.4, 0.5) is 0 Å². The number of hydrogen-bond acceptors (Lipinski definition) is 5. The van der Waals surface area contributed by atoms with E-state index in [1.807, 2.05) is 61.5 Å². The van der Waals surface area contributed by atoms with Crippen LogP contribution in [0.3, 0.4) is 0 Å². The quantitative estimate of drug-likeness (QED) is 0.533. The maximum Gasteiger partial charge on any atom is 0.155 e. The number of phenols is 1. The van der Waals surface area contributed by atoms with Crippen LogP contribution in [0.2, 0.25) is 0 Å². The van der Waals surface area contributed by atoms with Crippen LogP contribution in [0.5, 0.6) is 5.75 Å². The number of aromatic hydroxyl groups is 1. The third-order valence-corrected chi connectivity index (χ3v) is 4.30. The van der Waals surface area contributed by atoms with Crippen LogP contribution in [0, 0.1) is 6.92 Å². The average molecular weight is 342 g/mol. The Balaban J connectivity index is 1.81. The van der Waals surface area contributed by atoms with E-state index in [9.17, 15) is 5.11 Å². The number of nitrogens with zero attached hydrogens (tertiary/aromatic N) is 6. The van der Waals surface area contributed by atoms with Crippen molar-refractivity contribution >= 4 is 22.1 Å². The van der Waals surface area contributed by atoms with Crippen LogP contribution < -0.4 is 0 Å². The first-order valence-corrected chi connectivity index (χ1v) is 8.18. The molecule has 0 aliphatic heterocycles. The van der Waals surface area contributed by atoms with Crippen LogP contribution in [-0.4, -0.2) is 35.1 Å². The van der Waals surface area contributed by atoms with Crippen molar-refractivity contribution in [2.24, 2.45) is 0 Å². The summed E-state index contributed by atoms with van der Waals surface area (Å²) in [6.07, 6.45) is 0. The Morgan fingerprint density at radius 2 is 1.04 bits per heavy atom. The van der Waals surface area contributed by atoms with Crippen LogP contribution in [0.25, 0.3) is 33.4 Å². The van der Waals surface area contributed by atoms with E-state index in [4.69, 9.17) is 0 Å². The van der Waals surface area contributed by atoms with Gasteiger partial charge in [-0.3, -0.25) is 0 Å². The second-order valence-electron chi connectivity index (χ2n) is 6.06. The summed E-state index contributed by atoms with van der Waals surface area (Å²) in [5.74, 6) is 0.0623. The van der Waals surface area contributed by atoms with E-state index >= 15 is 0 Å². The topological polar surface area (TPSA) is 81.6 Å². The van der Waals surface area contributed by atoms with Gasteiger partial charge in [0.1, 0.15) is 33.5 Å². The lowest BCUT2D eigenvalue weighted by atomic mass is 10.1. The number of hydrogen-bond donors (Lipinski definition) is 1. The SMILES string of the molecule is Cc1ccc(O)c(-n2nc3ccccc3n2)c1-n1nc2ccccc2n1. The average Bonchev–Trinajstić information content (AvgIpc) is 3.26. The Hall–Kier alpha value is -3.74. The highest BCUT2D eigenvalue weighted by Crippen LogP contribution is 2.31. The molecule has 126 valence electrons. The van der Waals surface area contributed by atoms with Gasteiger partial charge in [-0.2, -0.15) is 0 Å². The number of fused-ring (bicyclic) bond motifs is 2. The van der Waals surface area contributed by atoms with Gasteiger partial charge >= 0.3 is 0 Å². The van der Waals surface area contributed by atoms with E-state index in [0.717, 1.165) is 27.6 Å². The molecule has 0 saturated carbocycles. The van der Waals surface area contributed by atoms with Gasteiger partial charge in [-0.1, -0.05) is 30.3 Å². The smallest absolute Gasteiger partial charge is 0.155 e. The molecule has 2 aromatic heterocycles. The molecule has 5 rings (SSSR count). The van der Waals surface area contributed by atoms with Crippen molar-refractivity contribution in [2.75, 3.05) is 0 Å². The number of aromatic nitrogens is 6.